The summed E-state index contributed by atoms with van der Waals surface area (Å²) in [5.74, 6) is -0.0536. The quantitative estimate of drug-likeness (QED) is 0.567. The van der Waals surface area contributed by atoms with Gasteiger partial charge in [-0.25, -0.2) is 9.50 Å². The third kappa shape index (κ3) is 2.42. The summed E-state index contributed by atoms with van der Waals surface area (Å²) in [5.41, 5.74) is 6.87. The summed E-state index contributed by atoms with van der Waals surface area (Å²) in [4.78, 5) is 14.7. The van der Waals surface area contributed by atoms with E-state index < -0.39 is 4.92 Å². The number of rotatable bonds is 5. The van der Waals surface area contributed by atoms with Crippen LogP contribution in [-0.4, -0.2) is 24.1 Å². The first-order chi connectivity index (χ1) is 10.2. The molecule has 0 radical (unpaired) electrons. The number of anilines is 1. The van der Waals surface area contributed by atoms with E-state index in [2.05, 4.69) is 10.1 Å². The summed E-state index contributed by atoms with van der Waals surface area (Å²) >= 11 is 0. The molecule has 8 nitrogen and oxygen atoms in total. The second kappa shape index (κ2) is 5.23. The minimum atomic E-state index is -0.475. The highest BCUT2D eigenvalue weighted by Crippen LogP contribution is 2.29. The molecule has 0 spiro atoms. The first kappa shape index (κ1) is 13.1. The predicted molar refractivity (Wildman–Crippen MR) is 76.8 cm³/mol. The highest BCUT2D eigenvalue weighted by molar-refractivity contribution is 5.78. The summed E-state index contributed by atoms with van der Waals surface area (Å²) in [6, 6.07) is 3.69. The molecule has 21 heavy (non-hydrogen) atoms. The molecular formula is C13H14N6O2. The van der Waals surface area contributed by atoms with E-state index >= 15 is 0 Å². The predicted octanol–water partition coefficient (Wildman–Crippen LogP) is 1.65. The van der Waals surface area contributed by atoms with Gasteiger partial charge in [-0.05, 0) is 24.5 Å². The topological polar surface area (TPSA) is 104 Å². The molecule has 3 heterocycles. The maximum atomic E-state index is 11.2. The molecule has 2 N–H and O–H groups in total. The second-order valence-electron chi connectivity index (χ2n) is 4.72. The van der Waals surface area contributed by atoms with Crippen LogP contribution in [0.3, 0.4) is 0 Å². The molecule has 0 aromatic carbocycles. The van der Waals surface area contributed by atoms with Gasteiger partial charge in [-0.15, -0.1) is 5.10 Å². The molecule has 0 atom stereocenters. The second-order valence-corrected chi connectivity index (χ2v) is 4.72. The normalized spacial score (nSPS) is 11.0. The van der Waals surface area contributed by atoms with E-state index in [0.29, 0.717) is 11.9 Å². The van der Waals surface area contributed by atoms with E-state index in [1.807, 2.05) is 22.9 Å². The molecule has 0 saturated heterocycles. The Labute approximate surface area is 120 Å². The van der Waals surface area contributed by atoms with Crippen molar-refractivity contribution in [2.45, 2.75) is 19.4 Å². The maximum Gasteiger partial charge on any atom is 0.338 e. The van der Waals surface area contributed by atoms with Crippen molar-refractivity contribution in [2.24, 2.45) is 0 Å². The van der Waals surface area contributed by atoms with Gasteiger partial charge >= 0.3 is 5.69 Å². The van der Waals surface area contributed by atoms with Crippen LogP contribution in [0.5, 0.6) is 0 Å². The molecule has 0 amide bonds. The number of nitrogens with two attached hydrogens (primary N) is 1. The van der Waals surface area contributed by atoms with Gasteiger partial charge in [0.25, 0.3) is 0 Å². The largest absolute Gasteiger partial charge is 0.376 e. The van der Waals surface area contributed by atoms with E-state index in [9.17, 15) is 10.1 Å². The van der Waals surface area contributed by atoms with Crippen molar-refractivity contribution in [2.75, 3.05) is 5.73 Å². The molecule has 0 aliphatic heterocycles. The number of imidazole rings is 1. The maximum absolute atomic E-state index is 11.2. The monoisotopic (exact) mass is 286 g/mol. The first-order valence-electron chi connectivity index (χ1n) is 6.52. The van der Waals surface area contributed by atoms with Crippen LogP contribution in [-0.2, 0) is 13.0 Å². The minimum Gasteiger partial charge on any atom is -0.376 e. The number of hydrogen-bond acceptors (Lipinski definition) is 5. The van der Waals surface area contributed by atoms with Gasteiger partial charge in [-0.2, -0.15) is 0 Å². The van der Waals surface area contributed by atoms with Crippen LogP contribution in [0.25, 0.3) is 5.52 Å². The van der Waals surface area contributed by atoms with Crippen LogP contribution in [0.2, 0.25) is 0 Å². The minimum absolute atomic E-state index is 0.0536. The lowest BCUT2D eigenvalue weighted by atomic mass is 10.1. The molecule has 0 unspecified atom stereocenters. The van der Waals surface area contributed by atoms with Gasteiger partial charge < -0.3 is 10.3 Å². The summed E-state index contributed by atoms with van der Waals surface area (Å²) in [7, 11) is 0. The van der Waals surface area contributed by atoms with Gasteiger partial charge in [-0.1, -0.05) is 6.07 Å². The van der Waals surface area contributed by atoms with Crippen molar-refractivity contribution in [1.29, 1.82) is 0 Å². The molecule has 0 bridgehead atoms. The number of hydrogen-bond donors (Lipinski definition) is 1. The van der Waals surface area contributed by atoms with Crippen molar-refractivity contribution in [1.82, 2.24) is 19.2 Å². The summed E-state index contributed by atoms with van der Waals surface area (Å²) < 4.78 is 3.44. The summed E-state index contributed by atoms with van der Waals surface area (Å²) in [6.07, 6.45) is 8.58. The Morgan fingerprint density at radius 2 is 2.24 bits per heavy atom. The van der Waals surface area contributed by atoms with Crippen LogP contribution in [0.1, 0.15) is 12.0 Å². The van der Waals surface area contributed by atoms with Crippen LogP contribution < -0.4 is 5.73 Å². The molecule has 0 fully saturated rings. The fourth-order valence-corrected chi connectivity index (χ4v) is 2.42. The van der Waals surface area contributed by atoms with E-state index in [-0.39, 0.29) is 11.5 Å². The number of nitrogen functional groups attached to an aromatic ring is 1. The van der Waals surface area contributed by atoms with E-state index in [1.165, 1.54) is 4.52 Å². The van der Waals surface area contributed by atoms with Crippen molar-refractivity contribution in [3.8, 4) is 0 Å². The fraction of sp³-hybridized carbons (Fsp3) is 0.231. The molecule has 0 saturated carbocycles. The van der Waals surface area contributed by atoms with Crippen LogP contribution in [0, 0.1) is 10.1 Å². The van der Waals surface area contributed by atoms with Gasteiger partial charge in [0, 0.05) is 25.1 Å². The molecule has 3 rings (SSSR count). The fourth-order valence-electron chi connectivity index (χ4n) is 2.42. The zero-order valence-corrected chi connectivity index (χ0v) is 11.2. The third-order valence-corrected chi connectivity index (χ3v) is 3.34. The van der Waals surface area contributed by atoms with E-state index in [1.54, 1.807) is 18.7 Å². The lowest BCUT2D eigenvalue weighted by Gasteiger charge is -2.04. The highest BCUT2D eigenvalue weighted by Gasteiger charge is 2.23. The standard InChI is InChI=1S/C13H14N6O2/c14-13-12(19(20)21)11-10(4-2-7-18(11)16-13)3-1-6-17-8-5-15-9-17/h2,4-5,7-9H,1,3,6H2,(H2,14,16). The molecule has 8 heteroatoms. The van der Waals surface area contributed by atoms with Crippen LogP contribution in [0.4, 0.5) is 11.5 Å². The Bertz CT molecular complexity index is 777. The number of aryl methyl sites for hydroxylation is 2. The number of fused-ring (bicyclic) bond motifs is 1. The van der Waals surface area contributed by atoms with Gasteiger partial charge in [0.2, 0.25) is 5.82 Å². The smallest absolute Gasteiger partial charge is 0.338 e. The van der Waals surface area contributed by atoms with Crippen molar-refractivity contribution in [3.05, 3.63) is 52.7 Å². The Kier molecular flexibility index (Phi) is 3.27. The van der Waals surface area contributed by atoms with E-state index in [4.69, 9.17) is 5.73 Å². The Balaban J connectivity index is 1.89. The van der Waals surface area contributed by atoms with Gasteiger partial charge in [0.05, 0.1) is 11.3 Å². The number of aromatic nitrogens is 4. The van der Waals surface area contributed by atoms with Crippen LogP contribution >= 0.6 is 0 Å². The van der Waals surface area contributed by atoms with Crippen molar-refractivity contribution in [3.63, 3.8) is 0 Å². The number of nitrogens with zero attached hydrogens (tertiary/aromatic N) is 5. The molecule has 108 valence electrons. The van der Waals surface area contributed by atoms with Gasteiger partial charge in [-0.3, -0.25) is 10.1 Å². The zero-order chi connectivity index (χ0) is 14.8. The SMILES string of the molecule is Nc1nn2cccc(CCCn3ccnc3)c2c1[N+](=O)[O-]. The molecule has 0 aliphatic rings. The summed E-state index contributed by atoms with van der Waals surface area (Å²) in [6.45, 7) is 0.804. The lowest BCUT2D eigenvalue weighted by molar-refractivity contribution is -0.382. The molecule has 3 aromatic heterocycles. The number of pyridine rings is 1. The first-order valence-corrected chi connectivity index (χ1v) is 6.52. The average molecular weight is 286 g/mol. The molecule has 3 aromatic rings. The van der Waals surface area contributed by atoms with Crippen LogP contribution in [0.15, 0.2) is 37.1 Å². The third-order valence-electron chi connectivity index (χ3n) is 3.34. The molecular weight excluding hydrogens is 272 g/mol. The highest BCUT2D eigenvalue weighted by atomic mass is 16.6. The van der Waals surface area contributed by atoms with Gasteiger partial charge in [0.1, 0.15) is 5.52 Å². The van der Waals surface area contributed by atoms with Crippen molar-refractivity contribution >= 4 is 17.0 Å². The van der Waals surface area contributed by atoms with E-state index in [0.717, 1.165) is 18.5 Å². The Morgan fingerprint density at radius 3 is 2.95 bits per heavy atom. The number of nitro groups is 1. The molecule has 0 aliphatic carbocycles. The zero-order valence-electron chi connectivity index (χ0n) is 11.2. The Hall–Kier alpha value is -2.90. The average Bonchev–Trinajstić information content (AvgIpc) is 3.05. The van der Waals surface area contributed by atoms with Gasteiger partial charge in [0.15, 0.2) is 0 Å². The lowest BCUT2D eigenvalue weighted by Crippen LogP contribution is -1.99. The Morgan fingerprint density at radius 1 is 1.38 bits per heavy atom. The summed E-state index contributed by atoms with van der Waals surface area (Å²) in [5, 5.41) is 15.2. The van der Waals surface area contributed by atoms with Crippen molar-refractivity contribution < 1.29 is 4.92 Å².